The van der Waals surface area contributed by atoms with Crippen molar-refractivity contribution < 1.29 is 17.6 Å². The van der Waals surface area contributed by atoms with Gasteiger partial charge in [0.05, 0.1) is 19.4 Å². The molecule has 0 aromatic carbocycles. The van der Waals surface area contributed by atoms with Gasteiger partial charge in [-0.2, -0.15) is 13.2 Å². The molecule has 1 fully saturated rings. The molecule has 0 aliphatic carbocycles. The number of furan rings is 1. The third-order valence-corrected chi connectivity index (χ3v) is 3.34. The van der Waals surface area contributed by atoms with Gasteiger partial charge in [-0.3, -0.25) is 9.80 Å². The van der Waals surface area contributed by atoms with Crippen LogP contribution in [-0.2, 0) is 13.1 Å². The van der Waals surface area contributed by atoms with Crippen molar-refractivity contribution in [1.29, 1.82) is 0 Å². The van der Waals surface area contributed by atoms with Crippen LogP contribution in [0.1, 0.15) is 11.3 Å². The minimum atomic E-state index is -4.11. The van der Waals surface area contributed by atoms with Gasteiger partial charge in [-0.1, -0.05) is 0 Å². The Labute approximate surface area is 116 Å². The zero-order valence-electron chi connectivity index (χ0n) is 11.5. The Hall–Kier alpha value is -1.05. The van der Waals surface area contributed by atoms with Crippen molar-refractivity contribution >= 4 is 0 Å². The average molecular weight is 291 g/mol. The first-order valence-electron chi connectivity index (χ1n) is 6.68. The molecule has 114 valence electrons. The van der Waals surface area contributed by atoms with Gasteiger partial charge in [0.15, 0.2) is 0 Å². The second kappa shape index (κ2) is 6.60. The monoisotopic (exact) mass is 291 g/mol. The molecule has 1 aliphatic heterocycles. The van der Waals surface area contributed by atoms with Crippen LogP contribution in [0.3, 0.4) is 0 Å². The fourth-order valence-corrected chi connectivity index (χ4v) is 2.39. The van der Waals surface area contributed by atoms with Crippen LogP contribution < -0.4 is 5.32 Å². The van der Waals surface area contributed by atoms with Crippen LogP contribution in [0.5, 0.6) is 0 Å². The molecule has 7 heteroatoms. The highest BCUT2D eigenvalue weighted by Gasteiger charge is 2.32. The predicted octanol–water partition coefficient (Wildman–Crippen LogP) is 1.68. The van der Waals surface area contributed by atoms with Crippen molar-refractivity contribution in [2.45, 2.75) is 19.3 Å². The molecule has 20 heavy (non-hydrogen) atoms. The molecule has 1 aromatic rings. The van der Waals surface area contributed by atoms with Crippen molar-refractivity contribution in [1.82, 2.24) is 15.1 Å². The van der Waals surface area contributed by atoms with E-state index in [1.54, 1.807) is 6.26 Å². The van der Waals surface area contributed by atoms with E-state index in [0.717, 1.165) is 17.9 Å². The van der Waals surface area contributed by atoms with Gasteiger partial charge in [-0.05, 0) is 13.1 Å². The topological polar surface area (TPSA) is 31.7 Å². The summed E-state index contributed by atoms with van der Waals surface area (Å²) in [5, 5.41) is 3.04. The molecular formula is C13H20F3N3O. The number of nitrogens with one attached hydrogen (secondary N) is 1. The van der Waals surface area contributed by atoms with Crippen LogP contribution in [0.25, 0.3) is 0 Å². The van der Waals surface area contributed by atoms with Gasteiger partial charge in [-0.15, -0.1) is 0 Å². The van der Waals surface area contributed by atoms with Crippen LogP contribution in [0.2, 0.25) is 0 Å². The summed E-state index contributed by atoms with van der Waals surface area (Å²) >= 11 is 0. The zero-order chi connectivity index (χ0) is 14.6. The van der Waals surface area contributed by atoms with E-state index in [1.165, 1.54) is 4.90 Å². The molecule has 0 unspecified atom stereocenters. The highest BCUT2D eigenvalue weighted by Crippen LogP contribution is 2.18. The van der Waals surface area contributed by atoms with E-state index < -0.39 is 12.7 Å². The van der Waals surface area contributed by atoms with Crippen molar-refractivity contribution in [2.75, 3.05) is 39.8 Å². The Bertz CT molecular complexity index is 411. The summed E-state index contributed by atoms with van der Waals surface area (Å²) < 4.78 is 42.3. The highest BCUT2D eigenvalue weighted by atomic mass is 19.4. The van der Waals surface area contributed by atoms with Crippen molar-refractivity contribution in [3.05, 3.63) is 23.7 Å². The number of alkyl halides is 3. The summed E-state index contributed by atoms with van der Waals surface area (Å²) in [7, 11) is 1.87. The minimum Gasteiger partial charge on any atom is -0.468 e. The van der Waals surface area contributed by atoms with E-state index >= 15 is 0 Å². The van der Waals surface area contributed by atoms with Crippen LogP contribution in [0, 0.1) is 0 Å². The molecule has 0 amide bonds. The predicted molar refractivity (Wildman–Crippen MR) is 69.2 cm³/mol. The molecule has 0 bridgehead atoms. The summed E-state index contributed by atoms with van der Waals surface area (Å²) in [6.45, 7) is 2.77. The van der Waals surface area contributed by atoms with E-state index in [-0.39, 0.29) is 0 Å². The average Bonchev–Trinajstić information content (AvgIpc) is 2.78. The van der Waals surface area contributed by atoms with E-state index in [4.69, 9.17) is 4.42 Å². The summed E-state index contributed by atoms with van der Waals surface area (Å²) in [4.78, 5) is 3.57. The molecule has 0 atom stereocenters. The first-order valence-corrected chi connectivity index (χ1v) is 6.68. The van der Waals surface area contributed by atoms with Gasteiger partial charge in [0.1, 0.15) is 5.76 Å². The normalized spacial score (nSPS) is 18.6. The number of hydrogen-bond donors (Lipinski definition) is 1. The number of nitrogens with zero attached hydrogens (tertiary/aromatic N) is 2. The maximum atomic E-state index is 12.3. The largest absolute Gasteiger partial charge is 0.468 e. The maximum absolute atomic E-state index is 12.3. The molecule has 2 heterocycles. The summed E-state index contributed by atoms with van der Waals surface area (Å²) in [5.41, 5.74) is 1.08. The number of halogens is 3. The second-order valence-corrected chi connectivity index (χ2v) is 5.12. The third-order valence-electron chi connectivity index (χ3n) is 3.34. The van der Waals surface area contributed by atoms with Gasteiger partial charge < -0.3 is 9.73 Å². The van der Waals surface area contributed by atoms with Gasteiger partial charge in [0.25, 0.3) is 0 Å². The van der Waals surface area contributed by atoms with E-state index in [1.807, 2.05) is 13.1 Å². The quantitative estimate of drug-likeness (QED) is 0.894. The molecule has 2 rings (SSSR count). The molecule has 0 saturated carbocycles. The molecule has 1 aliphatic rings. The lowest BCUT2D eigenvalue weighted by molar-refractivity contribution is -0.149. The van der Waals surface area contributed by atoms with Crippen molar-refractivity contribution in [3.8, 4) is 0 Å². The van der Waals surface area contributed by atoms with Crippen molar-refractivity contribution in [2.24, 2.45) is 0 Å². The van der Waals surface area contributed by atoms with Crippen LogP contribution >= 0.6 is 0 Å². The zero-order valence-corrected chi connectivity index (χ0v) is 11.5. The highest BCUT2D eigenvalue weighted by molar-refractivity contribution is 5.12. The Morgan fingerprint density at radius 1 is 1.20 bits per heavy atom. The van der Waals surface area contributed by atoms with E-state index in [9.17, 15) is 13.2 Å². The molecule has 1 saturated heterocycles. The van der Waals surface area contributed by atoms with E-state index in [0.29, 0.717) is 32.7 Å². The fraction of sp³-hybridized carbons (Fsp3) is 0.692. The van der Waals surface area contributed by atoms with Crippen molar-refractivity contribution in [3.63, 3.8) is 0 Å². The molecular weight excluding hydrogens is 271 g/mol. The van der Waals surface area contributed by atoms with Gasteiger partial charge in [-0.25, -0.2) is 0 Å². The number of hydrogen-bond acceptors (Lipinski definition) is 4. The Morgan fingerprint density at radius 2 is 1.85 bits per heavy atom. The first-order chi connectivity index (χ1) is 9.46. The number of rotatable bonds is 5. The summed E-state index contributed by atoms with van der Waals surface area (Å²) in [5.74, 6) is 0.861. The number of piperazine rings is 1. The van der Waals surface area contributed by atoms with Gasteiger partial charge in [0, 0.05) is 38.3 Å². The molecule has 0 spiro atoms. The first kappa shape index (κ1) is 15.3. The SMILES string of the molecule is CNCc1coc(CN2CCN(CC(F)(F)F)CC2)c1. The molecule has 0 radical (unpaired) electrons. The van der Waals surface area contributed by atoms with Crippen LogP contribution in [0.15, 0.2) is 16.7 Å². The Kier molecular flexibility index (Phi) is 5.06. The smallest absolute Gasteiger partial charge is 0.401 e. The standard InChI is InChI=1S/C13H20F3N3O/c1-17-7-11-6-12(20-9-11)8-18-2-4-19(5-3-18)10-13(14,15)16/h6,9,17H,2-5,7-8,10H2,1H3. The molecule has 1 aromatic heterocycles. The third kappa shape index (κ3) is 4.81. The minimum absolute atomic E-state index is 0.448. The Balaban J connectivity index is 1.76. The maximum Gasteiger partial charge on any atom is 0.401 e. The second-order valence-electron chi connectivity index (χ2n) is 5.12. The lowest BCUT2D eigenvalue weighted by Gasteiger charge is -2.34. The van der Waals surface area contributed by atoms with Crippen LogP contribution in [-0.4, -0.2) is 55.7 Å². The fourth-order valence-electron chi connectivity index (χ4n) is 2.39. The van der Waals surface area contributed by atoms with Crippen LogP contribution in [0.4, 0.5) is 13.2 Å². The van der Waals surface area contributed by atoms with Gasteiger partial charge >= 0.3 is 6.18 Å². The summed E-state index contributed by atoms with van der Waals surface area (Å²) in [6.07, 6.45) is -2.39. The molecule has 4 nitrogen and oxygen atoms in total. The Morgan fingerprint density at radius 3 is 2.45 bits per heavy atom. The molecule has 1 N–H and O–H groups in total. The lowest BCUT2D eigenvalue weighted by Crippen LogP contribution is -2.48. The van der Waals surface area contributed by atoms with E-state index in [2.05, 4.69) is 10.2 Å². The lowest BCUT2D eigenvalue weighted by atomic mass is 10.2. The van der Waals surface area contributed by atoms with Gasteiger partial charge in [0.2, 0.25) is 0 Å². The summed E-state index contributed by atoms with van der Waals surface area (Å²) in [6, 6.07) is 1.98.